The first-order chi connectivity index (χ1) is 23.0. The number of aromatic nitrogens is 6. The number of ether oxygens (including phenoxy) is 7. The number of carboxylic acid groups (broad SMARTS) is 2. The average Bonchev–Trinajstić information content (AvgIpc) is 3.87. The van der Waals surface area contributed by atoms with E-state index in [0.717, 1.165) is 13.2 Å². The van der Waals surface area contributed by atoms with Crippen LogP contribution >= 0.6 is 0 Å². The molecule has 0 atom stereocenters. The molecule has 0 aromatic carbocycles. The molecule has 2 aromatic rings. The van der Waals surface area contributed by atoms with E-state index in [9.17, 15) is 9.59 Å². The normalized spacial score (nSPS) is 12.0. The van der Waals surface area contributed by atoms with Crippen LogP contribution < -0.4 is 5.73 Å². The van der Waals surface area contributed by atoms with Crippen molar-refractivity contribution in [1.29, 1.82) is 0 Å². The summed E-state index contributed by atoms with van der Waals surface area (Å²) in [7, 11) is 0. The predicted molar refractivity (Wildman–Crippen MR) is 162 cm³/mol. The molecule has 21 nitrogen and oxygen atoms in total. The van der Waals surface area contributed by atoms with Crippen LogP contribution in [0.1, 0.15) is 33.8 Å². The number of carboxylic acids is 2. The third kappa shape index (κ3) is 24.1. The van der Waals surface area contributed by atoms with E-state index >= 15 is 0 Å². The van der Waals surface area contributed by atoms with Gasteiger partial charge in [0.15, 0.2) is 11.4 Å². The maximum absolute atomic E-state index is 10.6. The van der Waals surface area contributed by atoms with Crippen molar-refractivity contribution in [2.24, 2.45) is 10.8 Å². The molecule has 0 saturated carbocycles. The van der Waals surface area contributed by atoms with Gasteiger partial charge in [0.05, 0.1) is 105 Å². The number of rotatable bonds is 25. The molecule has 2 aromatic heterocycles. The molecule has 266 valence electrons. The van der Waals surface area contributed by atoms with Gasteiger partial charge in [-0.05, 0) is 18.4 Å². The Balaban J connectivity index is 0.000000409. The SMILES string of the molecule is C1CCOC1.NCCOCCOCCOCCn1cc(C(=O)O)nn1.[N-]=[N+]=NCCOCCOCCOCCn1cc(C(=O)O)nn1. The van der Waals surface area contributed by atoms with Gasteiger partial charge < -0.3 is 49.1 Å². The Morgan fingerprint density at radius 1 is 0.745 bits per heavy atom. The third-order valence-corrected chi connectivity index (χ3v) is 5.42. The van der Waals surface area contributed by atoms with Crippen LogP contribution in [0.25, 0.3) is 10.4 Å². The van der Waals surface area contributed by atoms with Crippen LogP contribution in [0, 0.1) is 0 Å². The molecule has 1 aliphatic rings. The topological polar surface area (TPSA) is 275 Å². The van der Waals surface area contributed by atoms with E-state index in [1.54, 1.807) is 0 Å². The highest BCUT2D eigenvalue weighted by atomic mass is 16.5. The minimum absolute atomic E-state index is 0.0780. The van der Waals surface area contributed by atoms with Crippen molar-refractivity contribution in [3.63, 3.8) is 0 Å². The number of nitrogens with two attached hydrogens (primary N) is 1. The quantitative estimate of drug-likeness (QED) is 0.0545. The average molecular weight is 675 g/mol. The third-order valence-electron chi connectivity index (χ3n) is 5.42. The second kappa shape index (κ2) is 29.6. The maximum Gasteiger partial charge on any atom is 0.358 e. The van der Waals surface area contributed by atoms with Crippen LogP contribution in [0.3, 0.4) is 0 Å². The van der Waals surface area contributed by atoms with Crippen LogP contribution in [0.15, 0.2) is 17.5 Å². The van der Waals surface area contributed by atoms with Crippen LogP contribution in [0.5, 0.6) is 0 Å². The summed E-state index contributed by atoms with van der Waals surface area (Å²) < 4.78 is 39.2. The Labute approximate surface area is 271 Å². The van der Waals surface area contributed by atoms with Crippen LogP contribution in [-0.2, 0) is 46.2 Å². The van der Waals surface area contributed by atoms with Crippen molar-refractivity contribution in [3.8, 4) is 0 Å². The largest absolute Gasteiger partial charge is 0.476 e. The molecule has 3 rings (SSSR count). The van der Waals surface area contributed by atoms with E-state index in [4.69, 9.17) is 54.6 Å². The van der Waals surface area contributed by atoms with Crippen molar-refractivity contribution in [2.45, 2.75) is 25.9 Å². The Morgan fingerprint density at radius 2 is 1.15 bits per heavy atom. The second-order valence-electron chi connectivity index (χ2n) is 9.08. The zero-order valence-electron chi connectivity index (χ0n) is 26.5. The molecular weight excluding hydrogens is 628 g/mol. The van der Waals surface area contributed by atoms with Gasteiger partial charge in [-0.2, -0.15) is 0 Å². The lowest BCUT2D eigenvalue weighted by Gasteiger charge is -2.06. The molecule has 0 amide bonds. The highest BCUT2D eigenvalue weighted by Crippen LogP contribution is 1.98. The lowest BCUT2D eigenvalue weighted by atomic mass is 10.4. The van der Waals surface area contributed by atoms with Crippen LogP contribution in [0.2, 0.25) is 0 Å². The molecule has 1 fully saturated rings. The molecule has 1 saturated heterocycles. The summed E-state index contributed by atoms with van der Waals surface area (Å²) in [4.78, 5) is 23.8. The molecular formula is C26H46N10O11. The van der Waals surface area contributed by atoms with Gasteiger partial charge in [-0.3, -0.25) is 0 Å². The number of hydrogen-bond acceptors (Lipinski definition) is 15. The van der Waals surface area contributed by atoms with Gasteiger partial charge in [-0.15, -0.1) is 10.2 Å². The minimum Gasteiger partial charge on any atom is -0.476 e. The Bertz CT molecular complexity index is 1100. The van der Waals surface area contributed by atoms with E-state index in [1.165, 1.54) is 34.6 Å². The molecule has 0 radical (unpaired) electrons. The smallest absolute Gasteiger partial charge is 0.358 e. The minimum atomic E-state index is -1.11. The Morgan fingerprint density at radius 3 is 1.49 bits per heavy atom. The first kappa shape index (κ1) is 41.2. The van der Waals surface area contributed by atoms with E-state index < -0.39 is 11.9 Å². The van der Waals surface area contributed by atoms with Gasteiger partial charge in [0.25, 0.3) is 0 Å². The van der Waals surface area contributed by atoms with Gasteiger partial charge >= 0.3 is 11.9 Å². The van der Waals surface area contributed by atoms with Crippen molar-refractivity contribution in [1.82, 2.24) is 30.0 Å². The van der Waals surface area contributed by atoms with Crippen molar-refractivity contribution < 1.29 is 53.0 Å². The van der Waals surface area contributed by atoms with E-state index in [0.29, 0.717) is 105 Å². The Hall–Kier alpha value is -3.79. The Kier molecular flexibility index (Phi) is 26.0. The van der Waals surface area contributed by atoms with E-state index in [2.05, 4.69) is 30.7 Å². The first-order valence-corrected chi connectivity index (χ1v) is 15.0. The molecule has 3 heterocycles. The summed E-state index contributed by atoms with van der Waals surface area (Å²) in [6, 6.07) is 0. The molecule has 1 aliphatic heterocycles. The summed E-state index contributed by atoms with van der Waals surface area (Å²) in [5.41, 5.74) is 13.1. The fraction of sp³-hybridized carbons (Fsp3) is 0.769. The van der Waals surface area contributed by atoms with Crippen molar-refractivity contribution in [2.75, 3.05) is 106 Å². The van der Waals surface area contributed by atoms with Crippen molar-refractivity contribution in [3.05, 3.63) is 34.2 Å². The summed E-state index contributed by atoms with van der Waals surface area (Å²) >= 11 is 0. The summed E-state index contributed by atoms with van der Waals surface area (Å²) in [5.74, 6) is -2.20. The molecule has 4 N–H and O–H groups in total. The lowest BCUT2D eigenvalue weighted by Crippen LogP contribution is -2.14. The number of nitrogens with zero attached hydrogens (tertiary/aromatic N) is 9. The van der Waals surface area contributed by atoms with E-state index in [1.807, 2.05) is 0 Å². The molecule has 0 aliphatic carbocycles. The number of azide groups is 1. The van der Waals surface area contributed by atoms with Gasteiger partial charge in [0.1, 0.15) is 0 Å². The van der Waals surface area contributed by atoms with Gasteiger partial charge in [0.2, 0.25) is 0 Å². The van der Waals surface area contributed by atoms with Gasteiger partial charge in [-0.1, -0.05) is 15.5 Å². The second-order valence-corrected chi connectivity index (χ2v) is 9.08. The molecule has 0 bridgehead atoms. The maximum atomic E-state index is 10.6. The number of aromatic carboxylic acids is 2. The number of carbonyl (C=O) groups is 2. The highest BCUT2D eigenvalue weighted by molar-refractivity contribution is 5.85. The standard InChI is InChI=1S/C11H18N6O5.C11H20N4O5.C4H8O/c12-15-13-1-3-20-5-7-22-8-6-21-4-2-17-9-10(11(18)19)14-16-17;12-1-3-18-5-7-20-8-6-19-4-2-15-9-10(11(16)17)13-14-15;1-2-4-5-3-1/h9H,1-8H2,(H,18,19);9H,1-8,12H2,(H,16,17);1-4H2. The molecule has 0 unspecified atom stereocenters. The highest BCUT2D eigenvalue weighted by Gasteiger charge is 2.08. The zero-order chi connectivity index (χ0) is 34.2. The first-order valence-electron chi connectivity index (χ1n) is 15.0. The number of hydrogen-bond donors (Lipinski definition) is 3. The summed E-state index contributed by atoms with van der Waals surface area (Å²) in [5, 5.41) is 35.0. The predicted octanol–water partition coefficient (Wildman–Crippen LogP) is 0.118. The monoisotopic (exact) mass is 674 g/mol. The summed E-state index contributed by atoms with van der Waals surface area (Å²) in [6.45, 7) is 9.06. The van der Waals surface area contributed by atoms with E-state index in [-0.39, 0.29) is 11.4 Å². The fourth-order valence-corrected chi connectivity index (χ4v) is 3.16. The zero-order valence-corrected chi connectivity index (χ0v) is 26.5. The van der Waals surface area contributed by atoms with Crippen molar-refractivity contribution >= 4 is 11.9 Å². The van der Waals surface area contributed by atoms with Crippen LogP contribution in [-0.4, -0.2) is 158 Å². The van der Waals surface area contributed by atoms with Crippen LogP contribution in [0.4, 0.5) is 0 Å². The molecule has 0 spiro atoms. The lowest BCUT2D eigenvalue weighted by molar-refractivity contribution is 0.0141. The van der Waals surface area contributed by atoms with Gasteiger partial charge in [-0.25, -0.2) is 19.0 Å². The fourth-order valence-electron chi connectivity index (χ4n) is 3.16. The molecule has 47 heavy (non-hydrogen) atoms. The molecule has 21 heteroatoms. The van der Waals surface area contributed by atoms with Gasteiger partial charge in [0, 0.05) is 31.2 Å². The summed E-state index contributed by atoms with van der Waals surface area (Å²) in [6.07, 6.45) is 5.26.